The lowest BCUT2D eigenvalue weighted by Crippen LogP contribution is -2.38. The molecule has 3 aliphatic rings. The van der Waals surface area contributed by atoms with Gasteiger partial charge in [-0.1, -0.05) is 65.3 Å². The van der Waals surface area contributed by atoms with Crippen molar-refractivity contribution in [2.75, 3.05) is 0 Å². The minimum absolute atomic E-state index is 0.0493. The van der Waals surface area contributed by atoms with E-state index in [1.165, 1.54) is 16.7 Å². The van der Waals surface area contributed by atoms with Crippen molar-refractivity contribution in [2.45, 2.75) is 99.7 Å². The average molecular weight is 627 g/mol. The van der Waals surface area contributed by atoms with Crippen LogP contribution in [0.25, 0.3) is 5.57 Å². The third-order valence-electron chi connectivity index (χ3n) is 8.89. The van der Waals surface area contributed by atoms with Crippen molar-refractivity contribution in [3.05, 3.63) is 58.4 Å². The van der Waals surface area contributed by atoms with Crippen molar-refractivity contribution in [1.82, 2.24) is 20.6 Å². The van der Waals surface area contributed by atoms with E-state index in [2.05, 4.69) is 43.8 Å². The van der Waals surface area contributed by atoms with Crippen LogP contribution in [0.4, 0.5) is 0 Å². The smallest absolute Gasteiger partial charge is 0.269 e. The molecular weight excluding hydrogens is 576 g/mol. The van der Waals surface area contributed by atoms with E-state index in [1.807, 2.05) is 67.8 Å². The maximum atomic E-state index is 12.6. The topological polar surface area (TPSA) is 159 Å². The summed E-state index contributed by atoms with van der Waals surface area (Å²) < 4.78 is 0. The predicted octanol–water partition coefficient (Wildman–Crippen LogP) is 6.67. The van der Waals surface area contributed by atoms with Gasteiger partial charge in [-0.05, 0) is 68.6 Å². The van der Waals surface area contributed by atoms with E-state index in [0.717, 1.165) is 49.1 Å². The van der Waals surface area contributed by atoms with Crippen LogP contribution in [-0.2, 0) is 9.59 Å². The van der Waals surface area contributed by atoms with E-state index < -0.39 is 12.1 Å². The fourth-order valence-corrected chi connectivity index (χ4v) is 5.82. The highest BCUT2D eigenvalue weighted by Gasteiger charge is 2.28. The number of aliphatic imine (C=N–C) groups is 2. The van der Waals surface area contributed by atoms with Crippen LogP contribution < -0.4 is 10.6 Å². The molecule has 1 aliphatic heterocycles. The van der Waals surface area contributed by atoms with Gasteiger partial charge >= 0.3 is 0 Å². The minimum atomic E-state index is -0.470. The number of imidazole rings is 1. The first kappa shape index (κ1) is 34.7. The van der Waals surface area contributed by atoms with Gasteiger partial charge in [0.25, 0.3) is 11.8 Å². The van der Waals surface area contributed by atoms with Gasteiger partial charge in [0.15, 0.2) is 6.17 Å². The molecule has 3 atom stereocenters. The molecule has 1 aromatic rings. The standard InChI is InChI=1S/C36H50N8O2/c1-19(2)29(37)35(45)43-31(21(5)6)33-39-17-27(41-33)25-13-9-23(10-14-25)24-11-15-26(16-12-24)28-18-40-34(42-28)32(22(7)8)44-36(46)30(38)20(3)4/h9,11,13,17-21,26,31,34,37-38H,10,12,14-16H2,1-8H3,(H,39,41)(H,43,45)(H,44,46). The zero-order chi connectivity index (χ0) is 33.7. The maximum Gasteiger partial charge on any atom is 0.269 e. The average Bonchev–Trinajstić information content (AvgIpc) is 3.72. The van der Waals surface area contributed by atoms with Gasteiger partial charge in [0, 0.05) is 24.0 Å². The Hall–Kier alpha value is -4.21. The normalized spacial score (nSPS) is 20.2. The molecule has 46 heavy (non-hydrogen) atoms. The summed E-state index contributed by atoms with van der Waals surface area (Å²) in [6.45, 7) is 15.3. The van der Waals surface area contributed by atoms with E-state index in [9.17, 15) is 9.59 Å². The number of hydrogen-bond donors (Lipinski definition) is 5. The summed E-state index contributed by atoms with van der Waals surface area (Å²) >= 11 is 0. The zero-order valence-corrected chi connectivity index (χ0v) is 28.5. The molecule has 4 rings (SSSR count). The number of nitrogens with zero attached hydrogens (tertiary/aromatic N) is 3. The molecule has 2 amide bonds. The summed E-state index contributed by atoms with van der Waals surface area (Å²) in [5.41, 5.74) is 7.59. The van der Waals surface area contributed by atoms with Gasteiger partial charge in [-0.2, -0.15) is 0 Å². The highest BCUT2D eigenvalue weighted by molar-refractivity contribution is 6.39. The van der Waals surface area contributed by atoms with Crippen LogP contribution in [0.3, 0.4) is 0 Å². The molecule has 0 saturated carbocycles. The molecule has 0 fully saturated rings. The summed E-state index contributed by atoms with van der Waals surface area (Å²) in [6, 6.07) is -0.299. The number of allylic oxidation sites excluding steroid dienone is 7. The van der Waals surface area contributed by atoms with Crippen LogP contribution in [-0.4, -0.2) is 51.3 Å². The molecule has 10 nitrogen and oxygen atoms in total. The van der Waals surface area contributed by atoms with Crippen molar-refractivity contribution in [1.29, 1.82) is 10.8 Å². The van der Waals surface area contributed by atoms with E-state index in [0.29, 0.717) is 11.5 Å². The Morgan fingerprint density at radius 3 is 2.13 bits per heavy atom. The summed E-state index contributed by atoms with van der Waals surface area (Å²) in [5, 5.41) is 22.0. The molecule has 10 heteroatoms. The number of hydrogen-bond acceptors (Lipinski definition) is 7. The van der Waals surface area contributed by atoms with Gasteiger partial charge in [-0.25, -0.2) is 4.98 Å². The molecule has 0 bridgehead atoms. The third-order valence-corrected chi connectivity index (χ3v) is 8.89. The molecule has 246 valence electrons. The minimum Gasteiger partial charge on any atom is -0.341 e. The summed E-state index contributed by atoms with van der Waals surface area (Å²) in [4.78, 5) is 42.7. The molecule has 1 aromatic heterocycles. The van der Waals surface area contributed by atoms with Crippen molar-refractivity contribution in [2.24, 2.45) is 33.7 Å². The second kappa shape index (κ2) is 14.9. The van der Waals surface area contributed by atoms with Crippen LogP contribution >= 0.6 is 0 Å². The number of H-pyrrole nitrogens is 1. The lowest BCUT2D eigenvalue weighted by molar-refractivity contribution is -0.116. The maximum absolute atomic E-state index is 12.6. The molecule has 2 aliphatic carbocycles. The first-order valence-corrected chi connectivity index (χ1v) is 16.5. The quantitative estimate of drug-likeness (QED) is 0.164. The molecule has 0 saturated heterocycles. The summed E-state index contributed by atoms with van der Waals surface area (Å²) in [5.74, 6) is 0.0847. The number of amides is 2. The first-order valence-electron chi connectivity index (χ1n) is 16.5. The molecule has 0 radical (unpaired) electrons. The number of aromatic amines is 1. The summed E-state index contributed by atoms with van der Waals surface area (Å²) in [6.07, 6.45) is 14.7. The van der Waals surface area contributed by atoms with Gasteiger partial charge in [0.05, 0.1) is 40.8 Å². The highest BCUT2D eigenvalue weighted by Crippen LogP contribution is 2.36. The van der Waals surface area contributed by atoms with Crippen LogP contribution in [0.15, 0.2) is 56.8 Å². The molecule has 0 spiro atoms. The molecule has 0 aromatic carbocycles. The van der Waals surface area contributed by atoms with Crippen molar-refractivity contribution < 1.29 is 9.59 Å². The predicted molar refractivity (Wildman–Crippen MR) is 186 cm³/mol. The van der Waals surface area contributed by atoms with Crippen LogP contribution in [0.2, 0.25) is 0 Å². The van der Waals surface area contributed by atoms with Gasteiger partial charge in [0.2, 0.25) is 0 Å². The van der Waals surface area contributed by atoms with Gasteiger partial charge in [-0.15, -0.1) is 0 Å². The second-order valence-electron chi connectivity index (χ2n) is 13.7. The highest BCUT2D eigenvalue weighted by atomic mass is 16.2. The van der Waals surface area contributed by atoms with E-state index >= 15 is 0 Å². The lowest BCUT2D eigenvalue weighted by Gasteiger charge is -2.24. The second-order valence-corrected chi connectivity index (χ2v) is 13.7. The van der Waals surface area contributed by atoms with E-state index in [4.69, 9.17) is 15.8 Å². The molecule has 2 heterocycles. The largest absolute Gasteiger partial charge is 0.341 e. The fourth-order valence-electron chi connectivity index (χ4n) is 5.82. The Balaban J connectivity index is 1.39. The summed E-state index contributed by atoms with van der Waals surface area (Å²) in [7, 11) is 0. The Labute approximate surface area is 273 Å². The van der Waals surface area contributed by atoms with E-state index in [-0.39, 0.29) is 47.0 Å². The van der Waals surface area contributed by atoms with E-state index in [1.54, 1.807) is 0 Å². The number of aromatic nitrogens is 2. The number of nitrogens with one attached hydrogen (secondary N) is 5. The van der Waals surface area contributed by atoms with Gasteiger partial charge in [-0.3, -0.25) is 30.4 Å². The van der Waals surface area contributed by atoms with Crippen LogP contribution in [0, 0.1) is 34.5 Å². The first-order chi connectivity index (χ1) is 21.8. The monoisotopic (exact) mass is 626 g/mol. The number of carbonyl (C=O) groups excluding carboxylic acids is 2. The Morgan fingerprint density at radius 2 is 1.57 bits per heavy atom. The molecule has 5 N–H and O–H groups in total. The van der Waals surface area contributed by atoms with Crippen molar-refractivity contribution in [3.8, 4) is 0 Å². The molecular formula is C36H50N8O2. The number of rotatable bonds is 12. The Morgan fingerprint density at radius 1 is 0.913 bits per heavy atom. The zero-order valence-electron chi connectivity index (χ0n) is 28.5. The SMILES string of the molecule is CC(C)=C(NC(=O)C(=N)C(C)C)C1N=CC(C2CC=C(C3=CC=C(c4cnc(C(NC(=O)C(=N)C(C)C)C(C)C)[nH]4)CC3)CC2)=N1. The number of carbonyl (C=O) groups is 2. The van der Waals surface area contributed by atoms with Crippen LogP contribution in [0.1, 0.15) is 105 Å². The third kappa shape index (κ3) is 8.13. The fraction of sp³-hybridized carbons (Fsp3) is 0.528. The Kier molecular flexibility index (Phi) is 11.2. The van der Waals surface area contributed by atoms with Gasteiger partial charge in [0.1, 0.15) is 5.82 Å². The van der Waals surface area contributed by atoms with Crippen molar-refractivity contribution in [3.63, 3.8) is 0 Å². The Bertz CT molecular complexity index is 1560. The van der Waals surface area contributed by atoms with Crippen molar-refractivity contribution >= 4 is 40.7 Å². The van der Waals surface area contributed by atoms with Crippen LogP contribution in [0.5, 0.6) is 0 Å². The lowest BCUT2D eigenvalue weighted by atomic mass is 9.81. The molecule has 3 unspecified atom stereocenters. The van der Waals surface area contributed by atoms with Gasteiger partial charge < -0.3 is 15.6 Å².